The summed E-state index contributed by atoms with van der Waals surface area (Å²) in [5, 5.41) is 7.40. The van der Waals surface area contributed by atoms with Crippen molar-refractivity contribution < 1.29 is 4.74 Å². The van der Waals surface area contributed by atoms with E-state index in [1.54, 1.807) is 0 Å². The van der Waals surface area contributed by atoms with Gasteiger partial charge < -0.3 is 4.74 Å². The van der Waals surface area contributed by atoms with Gasteiger partial charge in [-0.3, -0.25) is 0 Å². The Labute approximate surface area is 220 Å². The maximum Gasteiger partial charge on any atom is 0.132 e. The van der Waals surface area contributed by atoms with Crippen LogP contribution in [0, 0.1) is 0 Å². The summed E-state index contributed by atoms with van der Waals surface area (Å²) in [4.78, 5) is 0. The van der Waals surface area contributed by atoms with E-state index in [2.05, 4.69) is 133 Å². The zero-order valence-corrected chi connectivity index (χ0v) is 20.6. The lowest BCUT2D eigenvalue weighted by atomic mass is 9.65. The van der Waals surface area contributed by atoms with Gasteiger partial charge in [-0.2, -0.15) is 0 Å². The molecule has 2 aliphatic rings. The van der Waals surface area contributed by atoms with Crippen LogP contribution in [0.3, 0.4) is 0 Å². The Morgan fingerprint density at radius 1 is 0.395 bits per heavy atom. The Kier molecular flexibility index (Phi) is 3.78. The molecule has 7 aromatic carbocycles. The molecule has 0 N–H and O–H groups in total. The zero-order chi connectivity index (χ0) is 24.8. The standard InChI is InChI=1S/C37H22O/c1-3-12-26-21-34-32(19-24(26)10-1)37(33-20-25-11-2-4-13-27(25)22-35(33)38-34)30-16-8-7-15-29(30)36-28-14-6-5-9-23(28)17-18-31(36)37/h1-22H. The van der Waals surface area contributed by atoms with Gasteiger partial charge >= 0.3 is 0 Å². The molecule has 0 saturated carbocycles. The molecule has 0 atom stereocenters. The van der Waals surface area contributed by atoms with Crippen LogP contribution in [-0.2, 0) is 5.41 Å². The van der Waals surface area contributed by atoms with E-state index in [0.717, 1.165) is 11.5 Å². The van der Waals surface area contributed by atoms with E-state index in [0.29, 0.717) is 0 Å². The molecule has 0 fully saturated rings. The van der Waals surface area contributed by atoms with Gasteiger partial charge in [-0.25, -0.2) is 0 Å². The van der Waals surface area contributed by atoms with Crippen molar-refractivity contribution in [1.29, 1.82) is 0 Å². The van der Waals surface area contributed by atoms with Crippen molar-refractivity contribution in [3.8, 4) is 22.6 Å². The first-order chi connectivity index (χ1) is 18.8. The van der Waals surface area contributed by atoms with Gasteiger partial charge in [0.15, 0.2) is 0 Å². The normalized spacial score (nSPS) is 14.2. The van der Waals surface area contributed by atoms with E-state index in [1.165, 1.54) is 65.7 Å². The molecular formula is C37H22O. The van der Waals surface area contributed by atoms with E-state index in [4.69, 9.17) is 4.74 Å². The predicted molar refractivity (Wildman–Crippen MR) is 156 cm³/mol. The molecule has 176 valence electrons. The Morgan fingerprint density at radius 3 is 1.58 bits per heavy atom. The third-order valence-electron chi connectivity index (χ3n) is 8.66. The Bertz CT molecular complexity index is 2030. The lowest BCUT2D eigenvalue weighted by Gasteiger charge is -2.40. The van der Waals surface area contributed by atoms with Crippen LogP contribution in [0.2, 0.25) is 0 Å². The SMILES string of the molecule is c1ccc2c(c1)-c1c(ccc3ccccc13)C21c2cc3ccccc3cc2Oc2cc3ccccc3cc21. The van der Waals surface area contributed by atoms with Crippen LogP contribution in [0.1, 0.15) is 22.3 Å². The monoisotopic (exact) mass is 482 g/mol. The molecule has 0 amide bonds. The molecule has 1 heterocycles. The molecule has 0 bridgehead atoms. The molecule has 0 aromatic heterocycles. The molecule has 1 aliphatic heterocycles. The van der Waals surface area contributed by atoms with Gasteiger partial charge in [-0.1, -0.05) is 109 Å². The lowest BCUT2D eigenvalue weighted by Crippen LogP contribution is -2.32. The summed E-state index contributed by atoms with van der Waals surface area (Å²) in [5.41, 5.74) is 7.23. The van der Waals surface area contributed by atoms with Crippen molar-refractivity contribution in [3.05, 3.63) is 156 Å². The average Bonchev–Trinajstić information content (AvgIpc) is 3.27. The van der Waals surface area contributed by atoms with Gasteiger partial charge in [-0.15, -0.1) is 0 Å². The van der Waals surface area contributed by atoms with Gasteiger partial charge in [0.25, 0.3) is 0 Å². The van der Waals surface area contributed by atoms with Crippen molar-refractivity contribution in [1.82, 2.24) is 0 Å². The first-order valence-electron chi connectivity index (χ1n) is 13.2. The fourth-order valence-electron chi connectivity index (χ4n) is 7.09. The second-order valence-electron chi connectivity index (χ2n) is 10.5. The van der Waals surface area contributed by atoms with E-state index in [-0.39, 0.29) is 0 Å². The molecule has 0 radical (unpaired) electrons. The number of ether oxygens (including phenoxy) is 1. The summed E-state index contributed by atoms with van der Waals surface area (Å²) in [5.74, 6) is 1.87. The summed E-state index contributed by atoms with van der Waals surface area (Å²) in [6.45, 7) is 0. The Balaban J connectivity index is 1.53. The smallest absolute Gasteiger partial charge is 0.132 e. The molecule has 9 rings (SSSR count). The minimum atomic E-state index is -0.479. The molecular weight excluding hydrogens is 460 g/mol. The van der Waals surface area contributed by atoms with Crippen LogP contribution >= 0.6 is 0 Å². The molecule has 7 aromatic rings. The molecule has 0 saturated heterocycles. The average molecular weight is 483 g/mol. The third-order valence-corrected chi connectivity index (χ3v) is 8.66. The molecule has 1 aliphatic carbocycles. The summed E-state index contributed by atoms with van der Waals surface area (Å²) >= 11 is 0. The van der Waals surface area contributed by atoms with Gasteiger partial charge in [0.2, 0.25) is 0 Å². The number of rotatable bonds is 0. The second-order valence-corrected chi connectivity index (χ2v) is 10.5. The number of fused-ring (bicyclic) bond motifs is 13. The molecule has 1 spiro atoms. The van der Waals surface area contributed by atoms with Crippen molar-refractivity contribution in [2.24, 2.45) is 0 Å². The second kappa shape index (κ2) is 7.12. The van der Waals surface area contributed by atoms with Crippen LogP contribution in [0.4, 0.5) is 0 Å². The number of benzene rings is 7. The number of hydrogen-bond donors (Lipinski definition) is 0. The van der Waals surface area contributed by atoms with Crippen LogP contribution in [0.25, 0.3) is 43.4 Å². The largest absolute Gasteiger partial charge is 0.457 e. The highest BCUT2D eigenvalue weighted by molar-refractivity contribution is 6.05. The highest BCUT2D eigenvalue weighted by atomic mass is 16.5. The quantitative estimate of drug-likeness (QED) is 0.209. The highest BCUT2D eigenvalue weighted by Crippen LogP contribution is 2.63. The van der Waals surface area contributed by atoms with Crippen LogP contribution in [-0.4, -0.2) is 0 Å². The van der Waals surface area contributed by atoms with Gasteiger partial charge in [0.05, 0.1) is 5.41 Å². The Morgan fingerprint density at radius 2 is 0.921 bits per heavy atom. The van der Waals surface area contributed by atoms with E-state index in [1.807, 2.05) is 0 Å². The molecule has 1 nitrogen and oxygen atoms in total. The van der Waals surface area contributed by atoms with E-state index >= 15 is 0 Å². The van der Waals surface area contributed by atoms with Crippen LogP contribution in [0.15, 0.2) is 133 Å². The van der Waals surface area contributed by atoms with Crippen LogP contribution in [0.5, 0.6) is 11.5 Å². The van der Waals surface area contributed by atoms with Crippen molar-refractivity contribution in [2.75, 3.05) is 0 Å². The van der Waals surface area contributed by atoms with Gasteiger partial charge in [0, 0.05) is 11.1 Å². The maximum atomic E-state index is 6.80. The van der Waals surface area contributed by atoms with Crippen molar-refractivity contribution >= 4 is 32.3 Å². The predicted octanol–water partition coefficient (Wildman–Crippen LogP) is 9.61. The summed E-state index contributed by atoms with van der Waals surface area (Å²) < 4.78 is 6.80. The fraction of sp³-hybridized carbons (Fsp3) is 0.0270. The summed E-state index contributed by atoms with van der Waals surface area (Å²) in [7, 11) is 0. The van der Waals surface area contributed by atoms with E-state index < -0.39 is 5.41 Å². The molecule has 1 heteroatoms. The maximum absolute atomic E-state index is 6.80. The lowest BCUT2D eigenvalue weighted by molar-refractivity contribution is 0.438. The Hall–Kier alpha value is -4.88. The highest BCUT2D eigenvalue weighted by Gasteiger charge is 2.51. The van der Waals surface area contributed by atoms with E-state index in [9.17, 15) is 0 Å². The molecule has 0 unspecified atom stereocenters. The first kappa shape index (κ1) is 20.2. The van der Waals surface area contributed by atoms with Gasteiger partial charge in [-0.05, 0) is 78.8 Å². The summed E-state index contributed by atoms with van der Waals surface area (Å²) in [6, 6.07) is 48.8. The topological polar surface area (TPSA) is 9.23 Å². The van der Waals surface area contributed by atoms with Crippen molar-refractivity contribution in [3.63, 3.8) is 0 Å². The van der Waals surface area contributed by atoms with Gasteiger partial charge in [0.1, 0.15) is 11.5 Å². The van der Waals surface area contributed by atoms with Crippen LogP contribution < -0.4 is 4.74 Å². The minimum Gasteiger partial charge on any atom is -0.457 e. The minimum absolute atomic E-state index is 0.479. The fourth-order valence-corrected chi connectivity index (χ4v) is 7.09. The number of hydrogen-bond acceptors (Lipinski definition) is 1. The van der Waals surface area contributed by atoms with Crippen molar-refractivity contribution in [2.45, 2.75) is 5.41 Å². The summed E-state index contributed by atoms with van der Waals surface area (Å²) in [6.07, 6.45) is 0. The molecule has 38 heavy (non-hydrogen) atoms. The third kappa shape index (κ3) is 2.42. The first-order valence-corrected chi connectivity index (χ1v) is 13.2. The zero-order valence-electron chi connectivity index (χ0n) is 20.6.